The van der Waals surface area contributed by atoms with Crippen molar-refractivity contribution in [3.8, 4) is 0 Å². The molecule has 124 valence electrons. The lowest BCUT2D eigenvalue weighted by atomic mass is 10.1. The predicted molar refractivity (Wildman–Crippen MR) is 87.9 cm³/mol. The molecular weight excluding hydrogens is 321 g/mol. The number of anilines is 1. The zero-order chi connectivity index (χ0) is 16.8. The number of fused-ring (bicyclic) bond motifs is 1. The van der Waals surface area contributed by atoms with Crippen LogP contribution >= 0.6 is 11.6 Å². The highest BCUT2D eigenvalue weighted by molar-refractivity contribution is 6.28. The van der Waals surface area contributed by atoms with E-state index in [2.05, 4.69) is 32.5 Å². The van der Waals surface area contributed by atoms with E-state index in [1.54, 1.807) is 0 Å². The van der Waals surface area contributed by atoms with Crippen molar-refractivity contribution in [1.29, 1.82) is 0 Å². The highest BCUT2D eigenvalue weighted by Gasteiger charge is 2.14. The molecule has 0 aliphatic rings. The van der Waals surface area contributed by atoms with Crippen molar-refractivity contribution < 1.29 is 9.18 Å². The zero-order valence-corrected chi connectivity index (χ0v) is 13.8. The Morgan fingerprint density at radius 1 is 1.43 bits per heavy atom. The van der Waals surface area contributed by atoms with Crippen LogP contribution in [0.1, 0.15) is 33.1 Å². The van der Waals surface area contributed by atoms with Crippen molar-refractivity contribution in [1.82, 2.24) is 20.3 Å². The summed E-state index contributed by atoms with van der Waals surface area (Å²) in [5, 5.41) is 6.04. The quantitative estimate of drug-likeness (QED) is 0.758. The number of carbonyl (C=O) groups excluding carboxylic acids is 1. The fraction of sp³-hybridized carbons (Fsp3) is 0.467. The monoisotopic (exact) mass is 339 g/mol. The van der Waals surface area contributed by atoms with Gasteiger partial charge in [-0.2, -0.15) is 4.98 Å². The molecule has 2 heterocycles. The number of rotatable bonds is 7. The van der Waals surface area contributed by atoms with Gasteiger partial charge >= 0.3 is 0 Å². The molecule has 0 unspecified atom stereocenters. The molecule has 0 fully saturated rings. The summed E-state index contributed by atoms with van der Waals surface area (Å²) in [6.07, 6.45) is 3.99. The van der Waals surface area contributed by atoms with Crippen LogP contribution < -0.4 is 10.6 Å². The fourth-order valence-electron chi connectivity index (χ4n) is 2.20. The first-order valence-corrected chi connectivity index (χ1v) is 7.87. The van der Waals surface area contributed by atoms with Crippen molar-refractivity contribution in [2.75, 3.05) is 11.9 Å². The Labute approximate surface area is 138 Å². The molecule has 6 nitrogen and oxygen atoms in total. The van der Waals surface area contributed by atoms with Gasteiger partial charge in [-0.05, 0) is 18.0 Å². The number of hydrogen-bond donors (Lipinski definition) is 2. The lowest BCUT2D eigenvalue weighted by molar-refractivity contribution is -0.119. The van der Waals surface area contributed by atoms with Crippen LogP contribution in [0.4, 0.5) is 10.2 Å². The van der Waals surface area contributed by atoms with Gasteiger partial charge in [0.25, 0.3) is 0 Å². The topological polar surface area (TPSA) is 79.8 Å². The van der Waals surface area contributed by atoms with Crippen LogP contribution in [0.25, 0.3) is 11.0 Å². The van der Waals surface area contributed by atoms with Gasteiger partial charge in [-0.15, -0.1) is 0 Å². The Balaban J connectivity index is 2.27. The number of unbranched alkanes of at least 4 members (excludes halogenated alkanes) is 1. The van der Waals surface area contributed by atoms with Gasteiger partial charge in [-0.25, -0.2) is 14.4 Å². The van der Waals surface area contributed by atoms with Crippen LogP contribution in [0.5, 0.6) is 0 Å². The number of nitrogens with one attached hydrogen (secondary N) is 2. The molecule has 0 saturated carbocycles. The van der Waals surface area contributed by atoms with Crippen molar-refractivity contribution in [2.45, 2.75) is 39.2 Å². The number of hydrogen-bond acceptors (Lipinski definition) is 5. The Morgan fingerprint density at radius 3 is 2.91 bits per heavy atom. The number of aromatic nitrogens is 3. The Bertz CT molecular complexity index is 692. The maximum absolute atomic E-state index is 13.3. The normalized spacial score (nSPS) is 12.2. The summed E-state index contributed by atoms with van der Waals surface area (Å²) in [6, 6.07) is 1.23. The van der Waals surface area contributed by atoms with Crippen LogP contribution in [0.3, 0.4) is 0 Å². The molecule has 2 aromatic rings. The first-order valence-electron chi connectivity index (χ1n) is 7.49. The third kappa shape index (κ3) is 4.99. The molecular formula is C15H19ClFN5O. The Morgan fingerprint density at radius 2 is 2.22 bits per heavy atom. The minimum atomic E-state index is -0.487. The molecule has 2 aromatic heterocycles. The van der Waals surface area contributed by atoms with Crippen molar-refractivity contribution >= 4 is 34.4 Å². The third-order valence-corrected chi connectivity index (χ3v) is 3.49. The number of amides is 1. The molecule has 1 atom stereocenters. The summed E-state index contributed by atoms with van der Waals surface area (Å²) in [4.78, 5) is 23.3. The van der Waals surface area contributed by atoms with Crippen molar-refractivity contribution in [3.63, 3.8) is 0 Å². The molecule has 8 heteroatoms. The summed E-state index contributed by atoms with van der Waals surface area (Å²) in [6.45, 7) is 4.02. The van der Waals surface area contributed by atoms with Gasteiger partial charge in [0.05, 0.1) is 11.7 Å². The van der Waals surface area contributed by atoms with Crippen molar-refractivity contribution in [3.05, 3.63) is 23.4 Å². The highest BCUT2D eigenvalue weighted by Crippen LogP contribution is 2.22. The largest absolute Gasteiger partial charge is 0.364 e. The second-order valence-corrected chi connectivity index (χ2v) is 5.62. The van der Waals surface area contributed by atoms with Gasteiger partial charge in [0, 0.05) is 25.6 Å². The molecule has 0 bridgehead atoms. The summed E-state index contributed by atoms with van der Waals surface area (Å²) < 4.78 is 13.3. The number of pyridine rings is 1. The number of halogens is 2. The Kier molecular flexibility index (Phi) is 6.04. The van der Waals surface area contributed by atoms with E-state index < -0.39 is 5.82 Å². The van der Waals surface area contributed by atoms with E-state index in [4.69, 9.17) is 11.6 Å². The fourth-order valence-corrected chi connectivity index (χ4v) is 2.38. The molecule has 0 aliphatic heterocycles. The zero-order valence-electron chi connectivity index (χ0n) is 13.1. The van der Waals surface area contributed by atoms with Crippen LogP contribution in [0.2, 0.25) is 5.28 Å². The minimum Gasteiger partial charge on any atom is -0.364 e. The molecule has 1 amide bonds. The molecule has 0 radical (unpaired) electrons. The average Bonchev–Trinajstić information content (AvgIpc) is 2.49. The summed E-state index contributed by atoms with van der Waals surface area (Å²) in [5.41, 5.74) is 0.779. The smallest absolute Gasteiger partial charge is 0.225 e. The molecule has 0 aliphatic carbocycles. The van der Waals surface area contributed by atoms with Crippen molar-refractivity contribution in [2.24, 2.45) is 0 Å². The maximum atomic E-state index is 13.3. The predicted octanol–water partition coefficient (Wildman–Crippen LogP) is 2.92. The third-order valence-electron chi connectivity index (χ3n) is 3.32. The van der Waals surface area contributed by atoms with E-state index in [1.165, 1.54) is 13.0 Å². The highest BCUT2D eigenvalue weighted by atomic mass is 35.5. The van der Waals surface area contributed by atoms with Crippen LogP contribution in [-0.4, -0.2) is 33.4 Å². The summed E-state index contributed by atoms with van der Waals surface area (Å²) >= 11 is 5.91. The minimum absolute atomic E-state index is 0.0150. The van der Waals surface area contributed by atoms with E-state index in [9.17, 15) is 9.18 Å². The van der Waals surface area contributed by atoms with E-state index in [0.717, 1.165) is 25.5 Å². The molecule has 2 N–H and O–H groups in total. The van der Waals surface area contributed by atoms with Crippen LogP contribution in [-0.2, 0) is 4.79 Å². The molecule has 0 spiro atoms. The molecule has 2 rings (SSSR count). The number of carbonyl (C=O) groups is 1. The van der Waals surface area contributed by atoms with Gasteiger partial charge in [0.2, 0.25) is 11.2 Å². The Hall–Kier alpha value is -2.02. The van der Waals surface area contributed by atoms with Gasteiger partial charge in [0.15, 0.2) is 5.82 Å². The number of nitrogens with zero attached hydrogens (tertiary/aromatic N) is 3. The van der Waals surface area contributed by atoms with E-state index in [0.29, 0.717) is 23.4 Å². The van der Waals surface area contributed by atoms with Gasteiger partial charge in [-0.3, -0.25) is 4.79 Å². The lowest BCUT2D eigenvalue weighted by Crippen LogP contribution is -2.35. The molecule has 23 heavy (non-hydrogen) atoms. The van der Waals surface area contributed by atoms with Gasteiger partial charge in [0.1, 0.15) is 11.3 Å². The second-order valence-electron chi connectivity index (χ2n) is 5.28. The van der Waals surface area contributed by atoms with Crippen LogP contribution in [0.15, 0.2) is 12.3 Å². The first kappa shape index (κ1) is 17.3. The lowest BCUT2D eigenvalue weighted by Gasteiger charge is -2.20. The molecule has 0 saturated heterocycles. The van der Waals surface area contributed by atoms with E-state index in [1.807, 2.05) is 0 Å². The summed E-state index contributed by atoms with van der Waals surface area (Å²) in [5.74, 6) is -0.149. The second kappa shape index (κ2) is 8.01. The standard InChI is InChI=1S/C15H19ClFN5O/c1-3-4-5-11(8-18-9(2)23)20-14-13-12(21-15(16)22-14)6-10(17)7-19-13/h6-7,11H,3-5,8H2,1-2H3,(H,18,23)(H,20,21,22)/t11-/m1/s1. The molecule has 0 aromatic carbocycles. The average molecular weight is 340 g/mol. The first-order chi connectivity index (χ1) is 11.0. The van der Waals surface area contributed by atoms with Gasteiger partial charge < -0.3 is 10.6 Å². The van der Waals surface area contributed by atoms with E-state index in [-0.39, 0.29) is 17.2 Å². The van der Waals surface area contributed by atoms with E-state index >= 15 is 0 Å². The van der Waals surface area contributed by atoms with Gasteiger partial charge in [-0.1, -0.05) is 19.8 Å². The summed E-state index contributed by atoms with van der Waals surface area (Å²) in [7, 11) is 0. The van der Waals surface area contributed by atoms with Crippen LogP contribution in [0, 0.1) is 5.82 Å². The maximum Gasteiger partial charge on any atom is 0.225 e. The SMILES string of the molecule is CCCC[C@H](CNC(C)=O)Nc1nc(Cl)nc2cc(F)cnc12.